The fraction of sp³-hybridized carbons (Fsp3) is 0.500. The average molecular weight is 245 g/mol. The summed E-state index contributed by atoms with van der Waals surface area (Å²) in [6.45, 7) is 4.29. The molecule has 1 aromatic rings. The molecular formula is C14H19N3O. The van der Waals surface area contributed by atoms with E-state index in [1.165, 1.54) is 25.9 Å². The van der Waals surface area contributed by atoms with Gasteiger partial charge in [0, 0.05) is 19.2 Å². The topological polar surface area (TPSA) is 48.3 Å². The first-order valence-corrected chi connectivity index (χ1v) is 6.38. The maximum Gasteiger partial charge on any atom is 0.121 e. The van der Waals surface area contributed by atoms with E-state index in [1.54, 1.807) is 13.2 Å². The van der Waals surface area contributed by atoms with Gasteiger partial charge in [-0.3, -0.25) is 0 Å². The van der Waals surface area contributed by atoms with E-state index in [0.717, 1.165) is 24.5 Å². The highest BCUT2D eigenvalue weighted by molar-refractivity contribution is 5.60. The van der Waals surface area contributed by atoms with E-state index in [2.05, 4.69) is 16.3 Å². The standard InChI is InChI=1S/C14H19N3O/c1-18-13-5-4-12(11-15)14(10-13)16-6-9-17-7-2-3-8-17/h4-5,10,16H,2-3,6-9H2,1H3. The van der Waals surface area contributed by atoms with Gasteiger partial charge in [0.1, 0.15) is 11.8 Å². The van der Waals surface area contributed by atoms with Crippen LogP contribution in [0.5, 0.6) is 5.75 Å². The van der Waals surface area contributed by atoms with Crippen LogP contribution in [0.15, 0.2) is 18.2 Å². The summed E-state index contributed by atoms with van der Waals surface area (Å²) in [6, 6.07) is 7.67. The normalized spacial score (nSPS) is 15.3. The minimum atomic E-state index is 0.664. The van der Waals surface area contributed by atoms with Gasteiger partial charge in [-0.05, 0) is 38.1 Å². The van der Waals surface area contributed by atoms with E-state index < -0.39 is 0 Å². The molecule has 0 aromatic heterocycles. The van der Waals surface area contributed by atoms with Gasteiger partial charge in [0.05, 0.1) is 18.4 Å². The smallest absolute Gasteiger partial charge is 0.121 e. The molecule has 1 N–H and O–H groups in total. The monoisotopic (exact) mass is 245 g/mol. The molecule has 1 aliphatic heterocycles. The van der Waals surface area contributed by atoms with E-state index in [0.29, 0.717) is 5.56 Å². The van der Waals surface area contributed by atoms with E-state index in [9.17, 15) is 0 Å². The van der Waals surface area contributed by atoms with Crippen LogP contribution in [0, 0.1) is 11.3 Å². The molecule has 0 unspecified atom stereocenters. The number of hydrogen-bond donors (Lipinski definition) is 1. The molecule has 0 aliphatic carbocycles. The van der Waals surface area contributed by atoms with E-state index >= 15 is 0 Å². The van der Waals surface area contributed by atoms with Crippen molar-refractivity contribution in [3.8, 4) is 11.8 Å². The third kappa shape index (κ3) is 3.14. The molecule has 2 rings (SSSR count). The van der Waals surface area contributed by atoms with Crippen molar-refractivity contribution < 1.29 is 4.74 Å². The van der Waals surface area contributed by atoms with Gasteiger partial charge in [-0.25, -0.2) is 0 Å². The Hall–Kier alpha value is -1.73. The number of nitrogens with one attached hydrogen (secondary N) is 1. The van der Waals surface area contributed by atoms with E-state index in [4.69, 9.17) is 10.00 Å². The zero-order valence-electron chi connectivity index (χ0n) is 10.8. The van der Waals surface area contributed by atoms with Crippen molar-refractivity contribution in [2.75, 3.05) is 38.6 Å². The molecule has 4 heteroatoms. The highest BCUT2D eigenvalue weighted by Crippen LogP contribution is 2.21. The zero-order chi connectivity index (χ0) is 12.8. The van der Waals surface area contributed by atoms with Crippen molar-refractivity contribution in [3.05, 3.63) is 23.8 Å². The predicted octanol–water partition coefficient (Wildman–Crippen LogP) is 2.07. The summed E-state index contributed by atoms with van der Waals surface area (Å²) in [5.74, 6) is 0.776. The number of anilines is 1. The molecular weight excluding hydrogens is 226 g/mol. The van der Waals surface area contributed by atoms with E-state index in [1.807, 2.05) is 12.1 Å². The molecule has 18 heavy (non-hydrogen) atoms. The van der Waals surface area contributed by atoms with Gasteiger partial charge in [0.25, 0.3) is 0 Å². The summed E-state index contributed by atoms with van der Waals surface area (Å²) in [7, 11) is 1.63. The van der Waals surface area contributed by atoms with Gasteiger partial charge in [0.15, 0.2) is 0 Å². The Morgan fingerprint density at radius 2 is 2.17 bits per heavy atom. The number of ether oxygens (including phenoxy) is 1. The summed E-state index contributed by atoms with van der Waals surface area (Å²) in [4.78, 5) is 2.44. The first-order chi connectivity index (χ1) is 8.83. The van der Waals surface area contributed by atoms with Crippen molar-refractivity contribution in [2.45, 2.75) is 12.8 Å². The summed E-state index contributed by atoms with van der Waals surface area (Å²) in [5.41, 5.74) is 1.52. The summed E-state index contributed by atoms with van der Waals surface area (Å²) in [5, 5.41) is 12.4. The van der Waals surface area contributed by atoms with Crippen molar-refractivity contribution in [1.82, 2.24) is 4.90 Å². The molecule has 0 spiro atoms. The lowest BCUT2D eigenvalue weighted by molar-refractivity contribution is 0.352. The lowest BCUT2D eigenvalue weighted by Crippen LogP contribution is -2.26. The highest BCUT2D eigenvalue weighted by atomic mass is 16.5. The van der Waals surface area contributed by atoms with Gasteiger partial charge >= 0.3 is 0 Å². The first kappa shape index (κ1) is 12.7. The third-order valence-corrected chi connectivity index (χ3v) is 3.29. The van der Waals surface area contributed by atoms with Crippen LogP contribution >= 0.6 is 0 Å². The molecule has 4 nitrogen and oxygen atoms in total. The van der Waals surface area contributed by atoms with Crippen LogP contribution in [0.4, 0.5) is 5.69 Å². The first-order valence-electron chi connectivity index (χ1n) is 6.38. The number of benzene rings is 1. The summed E-state index contributed by atoms with van der Waals surface area (Å²) < 4.78 is 5.17. The Morgan fingerprint density at radius 3 is 2.83 bits per heavy atom. The van der Waals surface area contributed by atoms with Crippen LogP contribution in [-0.4, -0.2) is 38.2 Å². The van der Waals surface area contributed by atoms with E-state index in [-0.39, 0.29) is 0 Å². The number of nitriles is 1. The second-order valence-corrected chi connectivity index (χ2v) is 4.50. The molecule has 0 bridgehead atoms. The molecule has 0 radical (unpaired) electrons. The molecule has 1 fully saturated rings. The van der Waals surface area contributed by atoms with Gasteiger partial charge in [0.2, 0.25) is 0 Å². The Labute approximate surface area is 108 Å². The maximum absolute atomic E-state index is 9.05. The Kier molecular flexibility index (Phi) is 4.43. The van der Waals surface area contributed by atoms with Crippen molar-refractivity contribution >= 4 is 5.69 Å². The molecule has 1 heterocycles. The number of hydrogen-bond acceptors (Lipinski definition) is 4. The fourth-order valence-corrected chi connectivity index (χ4v) is 2.25. The predicted molar refractivity (Wildman–Crippen MR) is 71.9 cm³/mol. The molecule has 1 aliphatic rings. The Balaban J connectivity index is 1.92. The molecule has 0 amide bonds. The maximum atomic E-state index is 9.05. The number of rotatable bonds is 5. The minimum absolute atomic E-state index is 0.664. The SMILES string of the molecule is COc1ccc(C#N)c(NCCN2CCCC2)c1. The van der Waals surface area contributed by atoms with Gasteiger partial charge < -0.3 is 15.0 Å². The molecule has 1 saturated heterocycles. The number of likely N-dealkylation sites (tertiary alicyclic amines) is 1. The quantitative estimate of drug-likeness (QED) is 0.862. The summed E-state index contributed by atoms with van der Waals surface area (Å²) >= 11 is 0. The molecule has 96 valence electrons. The minimum Gasteiger partial charge on any atom is -0.497 e. The van der Waals surface area contributed by atoms with Crippen molar-refractivity contribution in [2.24, 2.45) is 0 Å². The number of nitrogens with zero attached hydrogens (tertiary/aromatic N) is 2. The van der Waals surface area contributed by atoms with Gasteiger partial charge in [-0.15, -0.1) is 0 Å². The van der Waals surface area contributed by atoms with Crippen LogP contribution < -0.4 is 10.1 Å². The lowest BCUT2D eigenvalue weighted by Gasteiger charge is -2.16. The van der Waals surface area contributed by atoms with Crippen LogP contribution in [0.25, 0.3) is 0 Å². The fourth-order valence-electron chi connectivity index (χ4n) is 2.25. The molecule has 1 aromatic carbocycles. The Morgan fingerprint density at radius 1 is 1.39 bits per heavy atom. The van der Waals surface area contributed by atoms with Crippen molar-refractivity contribution in [3.63, 3.8) is 0 Å². The number of methoxy groups -OCH3 is 1. The highest BCUT2D eigenvalue weighted by Gasteiger charge is 2.11. The molecule has 0 atom stereocenters. The largest absolute Gasteiger partial charge is 0.497 e. The third-order valence-electron chi connectivity index (χ3n) is 3.29. The zero-order valence-corrected chi connectivity index (χ0v) is 10.8. The Bertz CT molecular complexity index is 433. The van der Waals surface area contributed by atoms with Crippen LogP contribution in [0.1, 0.15) is 18.4 Å². The van der Waals surface area contributed by atoms with Crippen molar-refractivity contribution in [1.29, 1.82) is 5.26 Å². The summed E-state index contributed by atoms with van der Waals surface area (Å²) in [6.07, 6.45) is 2.62. The van der Waals surface area contributed by atoms with Crippen LogP contribution in [0.3, 0.4) is 0 Å². The second-order valence-electron chi connectivity index (χ2n) is 4.50. The van der Waals surface area contributed by atoms with Gasteiger partial charge in [-0.1, -0.05) is 0 Å². The molecule has 0 saturated carbocycles. The second kappa shape index (κ2) is 6.27. The lowest BCUT2D eigenvalue weighted by atomic mass is 10.2. The van der Waals surface area contributed by atoms with Gasteiger partial charge in [-0.2, -0.15) is 5.26 Å². The van der Waals surface area contributed by atoms with Crippen LogP contribution in [0.2, 0.25) is 0 Å². The average Bonchev–Trinajstić information content (AvgIpc) is 2.92. The van der Waals surface area contributed by atoms with Crippen LogP contribution in [-0.2, 0) is 0 Å².